The third-order valence-electron chi connectivity index (χ3n) is 1.70. The molecular weight excluding hydrogens is 208 g/mol. The van der Waals surface area contributed by atoms with E-state index in [9.17, 15) is 8.78 Å². The Labute approximate surface area is 82.5 Å². The number of rotatable bonds is 1. The smallest absolute Gasteiger partial charge is 0.165 e. The van der Waals surface area contributed by atoms with Gasteiger partial charge in [0, 0.05) is 11.6 Å². The Kier molecular flexibility index (Phi) is 2.12. The zero-order chi connectivity index (χ0) is 10.1. The molecule has 2 rings (SSSR count). The second kappa shape index (κ2) is 3.30. The standard InChI is InChI=1S/C8H5F2N3S/c9-4-1-2-5(6(10)3-4)7-8(11)13-14-12-7/h1-3H,(H2,11,13). The van der Waals surface area contributed by atoms with Gasteiger partial charge in [0.15, 0.2) is 5.82 Å². The molecule has 1 aromatic carbocycles. The van der Waals surface area contributed by atoms with Gasteiger partial charge in [-0.1, -0.05) is 0 Å². The molecule has 0 saturated heterocycles. The summed E-state index contributed by atoms with van der Waals surface area (Å²) in [5, 5.41) is 0. The van der Waals surface area contributed by atoms with E-state index in [1.54, 1.807) is 0 Å². The zero-order valence-corrected chi connectivity index (χ0v) is 7.68. The van der Waals surface area contributed by atoms with Gasteiger partial charge in [-0.25, -0.2) is 8.78 Å². The molecule has 2 aromatic rings. The molecule has 0 aliphatic heterocycles. The normalized spacial score (nSPS) is 10.4. The fraction of sp³-hybridized carbons (Fsp3) is 0. The van der Waals surface area contributed by atoms with E-state index < -0.39 is 11.6 Å². The molecule has 1 aromatic heterocycles. The van der Waals surface area contributed by atoms with Crippen LogP contribution in [0.3, 0.4) is 0 Å². The van der Waals surface area contributed by atoms with Crippen LogP contribution in [0.5, 0.6) is 0 Å². The molecule has 72 valence electrons. The molecule has 0 fully saturated rings. The van der Waals surface area contributed by atoms with Gasteiger partial charge < -0.3 is 5.73 Å². The van der Waals surface area contributed by atoms with Gasteiger partial charge in [-0.05, 0) is 12.1 Å². The first-order valence-corrected chi connectivity index (χ1v) is 4.45. The Morgan fingerprint density at radius 3 is 2.57 bits per heavy atom. The number of halogens is 2. The van der Waals surface area contributed by atoms with Crippen LogP contribution in [0, 0.1) is 11.6 Å². The minimum absolute atomic E-state index is 0.153. The number of nitrogen functional groups attached to an aromatic ring is 1. The average Bonchev–Trinajstić information content (AvgIpc) is 2.52. The highest BCUT2D eigenvalue weighted by molar-refractivity contribution is 6.99. The van der Waals surface area contributed by atoms with Crippen LogP contribution in [-0.2, 0) is 0 Å². The molecule has 0 saturated carbocycles. The average molecular weight is 213 g/mol. The Morgan fingerprint density at radius 2 is 2.00 bits per heavy atom. The first-order chi connectivity index (χ1) is 6.68. The van der Waals surface area contributed by atoms with Gasteiger partial charge in [0.05, 0.1) is 11.7 Å². The first-order valence-electron chi connectivity index (χ1n) is 3.72. The van der Waals surface area contributed by atoms with Crippen molar-refractivity contribution in [3.05, 3.63) is 29.8 Å². The van der Waals surface area contributed by atoms with Crippen molar-refractivity contribution >= 4 is 17.5 Å². The number of benzene rings is 1. The van der Waals surface area contributed by atoms with Crippen molar-refractivity contribution in [1.29, 1.82) is 0 Å². The summed E-state index contributed by atoms with van der Waals surface area (Å²) in [7, 11) is 0. The van der Waals surface area contributed by atoms with Crippen molar-refractivity contribution in [3.8, 4) is 11.3 Å². The molecule has 3 nitrogen and oxygen atoms in total. The Balaban J connectivity index is 2.58. The molecule has 0 unspecified atom stereocenters. The van der Waals surface area contributed by atoms with E-state index in [0.717, 1.165) is 23.9 Å². The summed E-state index contributed by atoms with van der Waals surface area (Å²) in [6, 6.07) is 3.23. The van der Waals surface area contributed by atoms with Crippen LogP contribution in [0.2, 0.25) is 0 Å². The van der Waals surface area contributed by atoms with Crippen LogP contribution < -0.4 is 5.73 Å². The number of hydrogen-bond donors (Lipinski definition) is 1. The van der Waals surface area contributed by atoms with Gasteiger partial charge >= 0.3 is 0 Å². The Hall–Kier alpha value is -1.56. The molecular formula is C8H5F2N3S. The zero-order valence-electron chi connectivity index (χ0n) is 6.87. The summed E-state index contributed by atoms with van der Waals surface area (Å²) in [6.07, 6.45) is 0. The maximum atomic E-state index is 13.2. The van der Waals surface area contributed by atoms with Gasteiger partial charge in [-0.15, -0.1) is 0 Å². The lowest BCUT2D eigenvalue weighted by Crippen LogP contribution is -1.91. The van der Waals surface area contributed by atoms with E-state index in [1.165, 1.54) is 6.07 Å². The Bertz CT molecular complexity index is 469. The van der Waals surface area contributed by atoms with Crippen LogP contribution in [0.25, 0.3) is 11.3 Å². The lowest BCUT2D eigenvalue weighted by molar-refractivity contribution is 0.585. The molecule has 0 radical (unpaired) electrons. The fourth-order valence-corrected chi connectivity index (χ4v) is 1.55. The largest absolute Gasteiger partial charge is 0.381 e. The van der Waals surface area contributed by atoms with E-state index in [-0.39, 0.29) is 17.1 Å². The second-order valence-corrected chi connectivity index (χ2v) is 3.15. The predicted octanol–water partition coefficient (Wildman–Crippen LogP) is 2.07. The molecule has 6 heteroatoms. The topological polar surface area (TPSA) is 51.8 Å². The number of hydrogen-bond acceptors (Lipinski definition) is 4. The highest BCUT2D eigenvalue weighted by atomic mass is 32.1. The first kappa shape index (κ1) is 9.01. The predicted molar refractivity (Wildman–Crippen MR) is 49.7 cm³/mol. The molecule has 0 amide bonds. The quantitative estimate of drug-likeness (QED) is 0.788. The lowest BCUT2D eigenvalue weighted by Gasteiger charge is -1.99. The Morgan fingerprint density at radius 1 is 1.21 bits per heavy atom. The number of nitrogens with two attached hydrogens (primary N) is 1. The van der Waals surface area contributed by atoms with Gasteiger partial charge in [0.25, 0.3) is 0 Å². The van der Waals surface area contributed by atoms with Crippen LogP contribution in [0.4, 0.5) is 14.6 Å². The molecule has 14 heavy (non-hydrogen) atoms. The minimum Gasteiger partial charge on any atom is -0.381 e. The second-order valence-electron chi connectivity index (χ2n) is 2.62. The third-order valence-corrected chi connectivity index (χ3v) is 2.24. The van der Waals surface area contributed by atoms with Crippen molar-refractivity contribution in [2.75, 3.05) is 5.73 Å². The van der Waals surface area contributed by atoms with Crippen LogP contribution in [0.15, 0.2) is 18.2 Å². The van der Waals surface area contributed by atoms with Crippen molar-refractivity contribution in [1.82, 2.24) is 8.75 Å². The van der Waals surface area contributed by atoms with E-state index in [1.807, 2.05) is 0 Å². The van der Waals surface area contributed by atoms with E-state index >= 15 is 0 Å². The summed E-state index contributed by atoms with van der Waals surface area (Å²) in [6.45, 7) is 0. The molecule has 0 bridgehead atoms. The summed E-state index contributed by atoms with van der Waals surface area (Å²) < 4.78 is 33.3. The molecule has 0 aliphatic carbocycles. The molecule has 0 aliphatic rings. The monoisotopic (exact) mass is 213 g/mol. The van der Waals surface area contributed by atoms with Crippen LogP contribution in [0.1, 0.15) is 0 Å². The number of aromatic nitrogens is 2. The van der Waals surface area contributed by atoms with Crippen LogP contribution in [-0.4, -0.2) is 8.75 Å². The summed E-state index contributed by atoms with van der Waals surface area (Å²) in [5.74, 6) is -1.17. The van der Waals surface area contributed by atoms with Gasteiger partial charge in [0.1, 0.15) is 17.3 Å². The van der Waals surface area contributed by atoms with Crippen molar-refractivity contribution in [2.45, 2.75) is 0 Å². The fourth-order valence-electron chi connectivity index (χ4n) is 1.06. The van der Waals surface area contributed by atoms with Crippen molar-refractivity contribution in [3.63, 3.8) is 0 Å². The minimum atomic E-state index is -0.690. The van der Waals surface area contributed by atoms with E-state index in [2.05, 4.69) is 8.75 Å². The summed E-state index contributed by atoms with van der Waals surface area (Å²) in [5.41, 5.74) is 5.88. The third kappa shape index (κ3) is 1.44. The molecule has 2 N–H and O–H groups in total. The van der Waals surface area contributed by atoms with E-state index in [0.29, 0.717) is 0 Å². The molecule has 0 spiro atoms. The number of anilines is 1. The van der Waals surface area contributed by atoms with Gasteiger partial charge in [-0.3, -0.25) is 0 Å². The van der Waals surface area contributed by atoms with Crippen molar-refractivity contribution < 1.29 is 8.78 Å². The molecule has 0 atom stereocenters. The lowest BCUT2D eigenvalue weighted by atomic mass is 10.1. The van der Waals surface area contributed by atoms with Gasteiger partial charge in [-0.2, -0.15) is 8.75 Å². The number of nitrogens with zero attached hydrogens (tertiary/aromatic N) is 2. The maximum Gasteiger partial charge on any atom is 0.165 e. The maximum absolute atomic E-state index is 13.2. The summed E-state index contributed by atoms with van der Waals surface area (Å²) >= 11 is 0.889. The van der Waals surface area contributed by atoms with Gasteiger partial charge in [0.2, 0.25) is 0 Å². The van der Waals surface area contributed by atoms with E-state index in [4.69, 9.17) is 5.73 Å². The molecule has 1 heterocycles. The highest BCUT2D eigenvalue weighted by Crippen LogP contribution is 2.26. The summed E-state index contributed by atoms with van der Waals surface area (Å²) in [4.78, 5) is 0. The van der Waals surface area contributed by atoms with Crippen molar-refractivity contribution in [2.24, 2.45) is 0 Å². The SMILES string of the molecule is Nc1nsnc1-c1ccc(F)cc1F. The highest BCUT2D eigenvalue weighted by Gasteiger charge is 2.12. The van der Waals surface area contributed by atoms with Crippen LogP contribution >= 0.6 is 11.7 Å².